The van der Waals surface area contributed by atoms with Crippen molar-refractivity contribution in [2.24, 2.45) is 0 Å². The molecule has 0 aliphatic carbocycles. The minimum absolute atomic E-state index is 0.160. The minimum atomic E-state index is 0.160. The van der Waals surface area contributed by atoms with Gasteiger partial charge in [-0.05, 0) is 38.1 Å². The largest absolute Gasteiger partial charge is 0.309 e. The van der Waals surface area contributed by atoms with E-state index >= 15 is 0 Å². The second-order valence-corrected chi connectivity index (χ2v) is 5.22. The zero-order valence-corrected chi connectivity index (χ0v) is 9.87. The van der Waals surface area contributed by atoms with Crippen molar-refractivity contribution in [2.75, 3.05) is 13.1 Å². The molecule has 1 saturated heterocycles. The highest BCUT2D eigenvalue weighted by Gasteiger charge is 2.14. The smallest absolute Gasteiger partial charge is 0.286 e. The maximum atomic E-state index is 11.9. The zero-order valence-electron chi connectivity index (χ0n) is 9.06. The first-order chi connectivity index (χ1) is 7.84. The molecule has 0 N–H and O–H groups in total. The molecule has 3 nitrogen and oxygen atoms in total. The molecular formula is C12H14N2OS. The summed E-state index contributed by atoms with van der Waals surface area (Å²) in [6, 6.07) is 8.03. The maximum Gasteiger partial charge on any atom is 0.309 e. The van der Waals surface area contributed by atoms with Crippen LogP contribution < -0.4 is 4.87 Å². The highest BCUT2D eigenvalue weighted by molar-refractivity contribution is 7.16. The molecule has 4 heteroatoms. The maximum absolute atomic E-state index is 11.9. The third kappa shape index (κ3) is 1.68. The number of nitrogens with zero attached hydrogens (tertiary/aromatic N) is 2. The van der Waals surface area contributed by atoms with Gasteiger partial charge in [0.25, 0.3) is 0 Å². The van der Waals surface area contributed by atoms with Crippen LogP contribution in [0.1, 0.15) is 12.8 Å². The Kier molecular flexibility index (Phi) is 2.53. The number of benzene rings is 1. The Labute approximate surface area is 97.9 Å². The standard InChI is InChI=1S/C12H14N2OS/c15-12-14(9-13-7-3-4-8-13)10-5-1-2-6-11(10)16-12/h1-2,5-6H,3-4,7-9H2. The molecular weight excluding hydrogens is 220 g/mol. The second kappa shape index (κ2) is 4.03. The molecule has 16 heavy (non-hydrogen) atoms. The Bertz CT molecular complexity index is 551. The third-order valence-electron chi connectivity index (χ3n) is 3.11. The molecule has 0 amide bonds. The van der Waals surface area contributed by atoms with Gasteiger partial charge in [0.15, 0.2) is 0 Å². The molecule has 1 aliphatic heterocycles. The van der Waals surface area contributed by atoms with Gasteiger partial charge in [-0.15, -0.1) is 0 Å². The molecule has 1 aliphatic rings. The summed E-state index contributed by atoms with van der Waals surface area (Å²) in [5.41, 5.74) is 1.07. The van der Waals surface area contributed by atoms with E-state index in [1.807, 2.05) is 28.8 Å². The molecule has 3 rings (SSSR count). The molecule has 2 aromatic rings. The predicted molar refractivity (Wildman–Crippen MR) is 66.9 cm³/mol. The number of rotatable bonds is 2. The van der Waals surface area contributed by atoms with Crippen molar-refractivity contribution in [1.29, 1.82) is 0 Å². The molecule has 0 bridgehead atoms. The summed E-state index contributed by atoms with van der Waals surface area (Å²) in [5.74, 6) is 0. The molecule has 1 aromatic heterocycles. The summed E-state index contributed by atoms with van der Waals surface area (Å²) >= 11 is 1.34. The van der Waals surface area contributed by atoms with E-state index < -0.39 is 0 Å². The fraction of sp³-hybridized carbons (Fsp3) is 0.417. The Morgan fingerprint density at radius 1 is 1.19 bits per heavy atom. The molecule has 0 spiro atoms. The van der Waals surface area contributed by atoms with E-state index in [9.17, 15) is 4.79 Å². The summed E-state index contributed by atoms with van der Waals surface area (Å²) in [4.78, 5) is 14.4. The van der Waals surface area contributed by atoms with Crippen LogP contribution in [0.15, 0.2) is 29.1 Å². The van der Waals surface area contributed by atoms with Gasteiger partial charge in [-0.3, -0.25) is 14.3 Å². The highest BCUT2D eigenvalue weighted by Crippen LogP contribution is 2.18. The second-order valence-electron chi connectivity index (χ2n) is 4.23. The molecule has 0 atom stereocenters. The van der Waals surface area contributed by atoms with Crippen LogP contribution in [0, 0.1) is 0 Å². The van der Waals surface area contributed by atoms with E-state index in [0.717, 1.165) is 30.0 Å². The van der Waals surface area contributed by atoms with Gasteiger partial charge >= 0.3 is 4.87 Å². The van der Waals surface area contributed by atoms with E-state index in [2.05, 4.69) is 4.90 Å². The third-order valence-corrected chi connectivity index (χ3v) is 4.07. The fourth-order valence-corrected chi connectivity index (χ4v) is 3.16. The van der Waals surface area contributed by atoms with Crippen LogP contribution in [-0.2, 0) is 6.67 Å². The van der Waals surface area contributed by atoms with Gasteiger partial charge in [-0.1, -0.05) is 23.5 Å². The van der Waals surface area contributed by atoms with Crippen molar-refractivity contribution < 1.29 is 0 Å². The summed E-state index contributed by atoms with van der Waals surface area (Å²) in [7, 11) is 0. The van der Waals surface area contributed by atoms with E-state index in [1.54, 1.807) is 0 Å². The topological polar surface area (TPSA) is 25.2 Å². The number of aromatic nitrogens is 1. The summed E-state index contributed by atoms with van der Waals surface area (Å²) in [6.07, 6.45) is 2.52. The molecule has 0 radical (unpaired) electrons. The molecule has 0 saturated carbocycles. The van der Waals surface area contributed by atoms with Gasteiger partial charge in [0.2, 0.25) is 0 Å². The molecule has 2 heterocycles. The quantitative estimate of drug-likeness (QED) is 0.795. The van der Waals surface area contributed by atoms with Gasteiger partial charge in [0.1, 0.15) is 0 Å². The predicted octanol–water partition coefficient (Wildman–Crippen LogP) is 2.12. The van der Waals surface area contributed by atoms with Gasteiger partial charge in [0, 0.05) is 0 Å². The van der Waals surface area contributed by atoms with Crippen LogP contribution in [0.2, 0.25) is 0 Å². The molecule has 84 valence electrons. The summed E-state index contributed by atoms with van der Waals surface area (Å²) in [6.45, 7) is 3.00. The van der Waals surface area contributed by atoms with Crippen molar-refractivity contribution in [2.45, 2.75) is 19.5 Å². The molecule has 1 aromatic carbocycles. The number of thiazole rings is 1. The summed E-state index contributed by atoms with van der Waals surface area (Å²) in [5, 5.41) is 0. The van der Waals surface area contributed by atoms with E-state index in [0.29, 0.717) is 0 Å². The van der Waals surface area contributed by atoms with Gasteiger partial charge in [-0.2, -0.15) is 0 Å². The number of fused-ring (bicyclic) bond motifs is 1. The lowest BCUT2D eigenvalue weighted by atomic mass is 10.3. The SMILES string of the molecule is O=c1sc2ccccc2n1CN1CCCC1. The lowest BCUT2D eigenvalue weighted by Crippen LogP contribution is -2.27. The normalized spacial score (nSPS) is 17.2. The Morgan fingerprint density at radius 3 is 2.75 bits per heavy atom. The number of likely N-dealkylation sites (tertiary alicyclic amines) is 1. The van der Waals surface area contributed by atoms with Gasteiger partial charge < -0.3 is 0 Å². The highest BCUT2D eigenvalue weighted by atomic mass is 32.1. The molecule has 0 unspecified atom stereocenters. The van der Waals surface area contributed by atoms with Crippen LogP contribution in [-0.4, -0.2) is 22.6 Å². The first-order valence-corrected chi connectivity index (χ1v) is 6.47. The van der Waals surface area contributed by atoms with E-state index in [1.165, 1.54) is 24.2 Å². The van der Waals surface area contributed by atoms with Gasteiger partial charge in [0.05, 0.1) is 16.9 Å². The van der Waals surface area contributed by atoms with Crippen LogP contribution in [0.4, 0.5) is 0 Å². The lowest BCUT2D eigenvalue weighted by Gasteiger charge is -2.15. The number of hydrogen-bond donors (Lipinski definition) is 0. The first-order valence-electron chi connectivity index (χ1n) is 5.65. The van der Waals surface area contributed by atoms with E-state index in [4.69, 9.17) is 0 Å². The van der Waals surface area contributed by atoms with Gasteiger partial charge in [-0.25, -0.2) is 0 Å². The van der Waals surface area contributed by atoms with Crippen molar-refractivity contribution in [3.05, 3.63) is 33.9 Å². The fourth-order valence-electron chi connectivity index (χ4n) is 2.27. The Morgan fingerprint density at radius 2 is 1.94 bits per heavy atom. The first kappa shape index (κ1) is 10.1. The Hall–Kier alpha value is -1.13. The average Bonchev–Trinajstić information content (AvgIpc) is 2.89. The van der Waals surface area contributed by atoms with Crippen LogP contribution >= 0.6 is 11.3 Å². The van der Waals surface area contributed by atoms with Crippen molar-refractivity contribution in [3.8, 4) is 0 Å². The zero-order chi connectivity index (χ0) is 11.0. The monoisotopic (exact) mass is 234 g/mol. The lowest BCUT2D eigenvalue weighted by molar-refractivity contribution is 0.273. The van der Waals surface area contributed by atoms with Crippen LogP contribution in [0.5, 0.6) is 0 Å². The van der Waals surface area contributed by atoms with Crippen molar-refractivity contribution in [1.82, 2.24) is 9.47 Å². The van der Waals surface area contributed by atoms with Crippen LogP contribution in [0.3, 0.4) is 0 Å². The summed E-state index contributed by atoms with van der Waals surface area (Å²) < 4.78 is 2.98. The van der Waals surface area contributed by atoms with Crippen LogP contribution in [0.25, 0.3) is 10.2 Å². The molecule has 1 fully saturated rings. The average molecular weight is 234 g/mol. The minimum Gasteiger partial charge on any atom is -0.286 e. The number of hydrogen-bond acceptors (Lipinski definition) is 3. The van der Waals surface area contributed by atoms with Crippen molar-refractivity contribution in [3.63, 3.8) is 0 Å². The van der Waals surface area contributed by atoms with E-state index in [-0.39, 0.29) is 4.87 Å². The number of para-hydroxylation sites is 1. The Balaban J connectivity index is 2.01. The van der Waals surface area contributed by atoms with Crippen molar-refractivity contribution >= 4 is 21.6 Å².